The van der Waals surface area contributed by atoms with Crippen LogP contribution >= 0.6 is 0 Å². The molecule has 1 aromatic rings. The van der Waals surface area contributed by atoms with E-state index < -0.39 is 5.60 Å². The fraction of sp³-hybridized carbons (Fsp3) is 0.467. The Bertz CT molecular complexity index is 415. The van der Waals surface area contributed by atoms with E-state index in [9.17, 15) is 5.11 Å². The van der Waals surface area contributed by atoms with E-state index in [1.807, 2.05) is 19.9 Å². The summed E-state index contributed by atoms with van der Waals surface area (Å²) in [5, 5.41) is 10.4. The Morgan fingerprint density at radius 3 is 2.50 bits per heavy atom. The average Bonchev–Trinajstić information content (AvgIpc) is 2.28. The summed E-state index contributed by atoms with van der Waals surface area (Å²) in [6.07, 6.45) is 4.90. The maximum absolute atomic E-state index is 10.4. The van der Waals surface area contributed by atoms with Crippen LogP contribution in [0.15, 0.2) is 30.4 Å². The molecule has 86 valence electrons. The predicted octanol–water partition coefficient (Wildman–Crippen LogP) is 3.35. The number of rotatable bonds is 2. The minimum atomic E-state index is -0.896. The standard InChI is InChI=1S/C15H20O/c1-11(2)15(3,16)14-9-8-12-6-4-5-7-13(12)10-14/h8-10,16H,1,4-7H2,2-3H3. The van der Waals surface area contributed by atoms with Gasteiger partial charge < -0.3 is 5.11 Å². The molecule has 0 aliphatic heterocycles. The van der Waals surface area contributed by atoms with Gasteiger partial charge in [0.15, 0.2) is 0 Å². The second-order valence-electron chi connectivity index (χ2n) is 5.04. The van der Waals surface area contributed by atoms with E-state index in [1.54, 1.807) is 0 Å². The molecule has 1 aliphatic rings. The molecule has 0 saturated carbocycles. The summed E-state index contributed by atoms with van der Waals surface area (Å²) in [7, 11) is 0. The number of hydrogen-bond acceptors (Lipinski definition) is 1. The molecule has 1 unspecified atom stereocenters. The van der Waals surface area contributed by atoms with Gasteiger partial charge in [-0.15, -0.1) is 0 Å². The Balaban J connectivity index is 2.40. The van der Waals surface area contributed by atoms with Crippen molar-refractivity contribution < 1.29 is 5.11 Å². The minimum Gasteiger partial charge on any atom is -0.381 e. The molecule has 1 nitrogen and oxygen atoms in total. The van der Waals surface area contributed by atoms with Crippen molar-refractivity contribution in [1.82, 2.24) is 0 Å². The van der Waals surface area contributed by atoms with Crippen LogP contribution < -0.4 is 0 Å². The monoisotopic (exact) mass is 216 g/mol. The highest BCUT2D eigenvalue weighted by Gasteiger charge is 2.25. The molecule has 1 atom stereocenters. The van der Waals surface area contributed by atoms with Crippen LogP contribution in [0, 0.1) is 0 Å². The van der Waals surface area contributed by atoms with Gasteiger partial charge in [0, 0.05) is 0 Å². The molecule has 0 fully saturated rings. The van der Waals surface area contributed by atoms with Gasteiger partial charge in [0.2, 0.25) is 0 Å². The maximum atomic E-state index is 10.4. The molecule has 1 aromatic carbocycles. The van der Waals surface area contributed by atoms with E-state index in [0.29, 0.717) is 0 Å². The van der Waals surface area contributed by atoms with Crippen molar-refractivity contribution in [3.63, 3.8) is 0 Å². The van der Waals surface area contributed by atoms with Crippen molar-refractivity contribution in [2.75, 3.05) is 0 Å². The molecular formula is C15H20O. The zero-order valence-corrected chi connectivity index (χ0v) is 10.2. The van der Waals surface area contributed by atoms with Crippen molar-refractivity contribution in [3.8, 4) is 0 Å². The first-order valence-corrected chi connectivity index (χ1v) is 6.02. The number of fused-ring (bicyclic) bond motifs is 1. The quantitative estimate of drug-likeness (QED) is 0.752. The van der Waals surface area contributed by atoms with E-state index in [1.165, 1.54) is 30.4 Å². The molecule has 0 saturated heterocycles. The normalized spacial score (nSPS) is 18.7. The molecule has 2 rings (SSSR count). The molecule has 1 N–H and O–H groups in total. The van der Waals surface area contributed by atoms with Gasteiger partial charge in [-0.25, -0.2) is 0 Å². The lowest BCUT2D eigenvalue weighted by Gasteiger charge is -2.26. The molecule has 0 amide bonds. The van der Waals surface area contributed by atoms with Crippen LogP contribution in [0.5, 0.6) is 0 Å². The summed E-state index contributed by atoms with van der Waals surface area (Å²) in [6.45, 7) is 7.56. The number of benzene rings is 1. The van der Waals surface area contributed by atoms with Crippen LogP contribution in [0.25, 0.3) is 0 Å². The Morgan fingerprint density at radius 1 is 1.25 bits per heavy atom. The van der Waals surface area contributed by atoms with Gasteiger partial charge in [0.05, 0.1) is 0 Å². The van der Waals surface area contributed by atoms with Crippen molar-refractivity contribution in [1.29, 1.82) is 0 Å². The zero-order valence-electron chi connectivity index (χ0n) is 10.2. The predicted molar refractivity (Wildman–Crippen MR) is 67.5 cm³/mol. The Morgan fingerprint density at radius 2 is 1.88 bits per heavy atom. The molecule has 0 radical (unpaired) electrons. The van der Waals surface area contributed by atoms with Crippen LogP contribution in [0.4, 0.5) is 0 Å². The summed E-state index contributed by atoms with van der Waals surface area (Å²) in [5.41, 5.74) is 3.73. The summed E-state index contributed by atoms with van der Waals surface area (Å²) < 4.78 is 0. The molecule has 0 heterocycles. The maximum Gasteiger partial charge on any atom is 0.107 e. The third kappa shape index (κ3) is 1.92. The van der Waals surface area contributed by atoms with Crippen molar-refractivity contribution >= 4 is 0 Å². The van der Waals surface area contributed by atoms with E-state index >= 15 is 0 Å². The third-order valence-electron chi connectivity index (χ3n) is 3.74. The lowest BCUT2D eigenvalue weighted by Crippen LogP contribution is -2.22. The summed E-state index contributed by atoms with van der Waals surface area (Å²) in [6, 6.07) is 6.36. The lowest BCUT2D eigenvalue weighted by molar-refractivity contribution is 0.0979. The van der Waals surface area contributed by atoms with Crippen molar-refractivity contribution in [2.45, 2.75) is 45.1 Å². The van der Waals surface area contributed by atoms with Crippen LogP contribution in [0.2, 0.25) is 0 Å². The van der Waals surface area contributed by atoms with Gasteiger partial charge in [-0.2, -0.15) is 0 Å². The average molecular weight is 216 g/mol. The highest BCUT2D eigenvalue weighted by atomic mass is 16.3. The molecule has 1 heteroatoms. The van der Waals surface area contributed by atoms with Gasteiger partial charge >= 0.3 is 0 Å². The largest absolute Gasteiger partial charge is 0.381 e. The second-order valence-corrected chi connectivity index (χ2v) is 5.04. The second kappa shape index (κ2) is 4.06. The summed E-state index contributed by atoms with van der Waals surface area (Å²) >= 11 is 0. The third-order valence-corrected chi connectivity index (χ3v) is 3.74. The molecule has 0 spiro atoms. The van der Waals surface area contributed by atoms with E-state index in [4.69, 9.17) is 0 Å². The van der Waals surface area contributed by atoms with Gasteiger partial charge in [0.25, 0.3) is 0 Å². The Labute approximate surface area is 97.8 Å². The van der Waals surface area contributed by atoms with E-state index in [-0.39, 0.29) is 0 Å². The highest BCUT2D eigenvalue weighted by Crippen LogP contribution is 2.31. The number of aryl methyl sites for hydroxylation is 2. The van der Waals surface area contributed by atoms with Crippen LogP contribution in [0.1, 0.15) is 43.4 Å². The smallest absolute Gasteiger partial charge is 0.107 e. The molecular weight excluding hydrogens is 196 g/mol. The lowest BCUT2D eigenvalue weighted by atomic mass is 9.84. The number of hydrogen-bond donors (Lipinski definition) is 1. The van der Waals surface area contributed by atoms with Crippen molar-refractivity contribution in [3.05, 3.63) is 47.0 Å². The zero-order chi connectivity index (χ0) is 11.8. The summed E-state index contributed by atoms with van der Waals surface area (Å²) in [4.78, 5) is 0. The van der Waals surface area contributed by atoms with Gasteiger partial charge in [-0.05, 0) is 61.8 Å². The van der Waals surface area contributed by atoms with Crippen LogP contribution in [-0.2, 0) is 18.4 Å². The topological polar surface area (TPSA) is 20.2 Å². The van der Waals surface area contributed by atoms with Crippen molar-refractivity contribution in [2.24, 2.45) is 0 Å². The van der Waals surface area contributed by atoms with E-state index in [2.05, 4.69) is 18.7 Å². The van der Waals surface area contributed by atoms with Gasteiger partial charge in [0.1, 0.15) is 5.60 Å². The molecule has 0 bridgehead atoms. The first-order valence-electron chi connectivity index (χ1n) is 6.02. The molecule has 0 aromatic heterocycles. The summed E-state index contributed by atoms with van der Waals surface area (Å²) in [5.74, 6) is 0. The SMILES string of the molecule is C=C(C)C(C)(O)c1ccc2c(c1)CCCC2. The minimum absolute atomic E-state index is 0.795. The Kier molecular flexibility index (Phi) is 2.90. The first kappa shape index (κ1) is 11.4. The van der Waals surface area contributed by atoms with Gasteiger partial charge in [-0.1, -0.05) is 24.8 Å². The molecule has 16 heavy (non-hydrogen) atoms. The first-order chi connectivity index (χ1) is 7.51. The van der Waals surface area contributed by atoms with Crippen LogP contribution in [0.3, 0.4) is 0 Å². The van der Waals surface area contributed by atoms with E-state index in [0.717, 1.165) is 17.6 Å². The highest BCUT2D eigenvalue weighted by molar-refractivity contribution is 5.39. The Hall–Kier alpha value is -1.08. The fourth-order valence-corrected chi connectivity index (χ4v) is 2.28. The fourth-order valence-electron chi connectivity index (χ4n) is 2.28. The molecule has 1 aliphatic carbocycles. The van der Waals surface area contributed by atoms with Gasteiger partial charge in [-0.3, -0.25) is 0 Å². The number of aliphatic hydroxyl groups is 1. The van der Waals surface area contributed by atoms with Crippen LogP contribution in [-0.4, -0.2) is 5.11 Å².